The summed E-state index contributed by atoms with van der Waals surface area (Å²) in [6.45, 7) is 0. The molecular formula is C5H2BrClN2O2. The second-order valence-electron chi connectivity index (χ2n) is 1.69. The van der Waals surface area contributed by atoms with E-state index in [1.165, 1.54) is 12.3 Å². The fourth-order valence-electron chi connectivity index (χ4n) is 0.537. The highest BCUT2D eigenvalue weighted by Crippen LogP contribution is 2.28. The largest absolute Gasteiger partial charge is 0.379 e. The standard InChI is InChI=1S/C5H2BrClN2O2/c6-4-3(7)1-2-8-5(4)9(10)11/h1-2H. The predicted octanol–water partition coefficient (Wildman–Crippen LogP) is 2.41. The van der Waals surface area contributed by atoms with Gasteiger partial charge in [-0.1, -0.05) is 11.6 Å². The van der Waals surface area contributed by atoms with Crippen molar-refractivity contribution in [3.8, 4) is 0 Å². The van der Waals surface area contributed by atoms with Crippen LogP contribution >= 0.6 is 27.5 Å². The van der Waals surface area contributed by atoms with Gasteiger partial charge in [-0.3, -0.25) is 0 Å². The van der Waals surface area contributed by atoms with Crippen molar-refractivity contribution in [3.05, 3.63) is 31.9 Å². The van der Waals surface area contributed by atoms with E-state index in [1.54, 1.807) is 0 Å². The quantitative estimate of drug-likeness (QED) is 0.557. The topological polar surface area (TPSA) is 56.0 Å². The fourth-order valence-corrected chi connectivity index (χ4v) is 1.06. The summed E-state index contributed by atoms with van der Waals surface area (Å²) < 4.78 is 0.215. The van der Waals surface area contributed by atoms with Crippen LogP contribution in [0.2, 0.25) is 5.02 Å². The molecule has 0 amide bonds. The van der Waals surface area contributed by atoms with Crippen LogP contribution in [0.5, 0.6) is 0 Å². The monoisotopic (exact) mass is 236 g/mol. The lowest BCUT2D eigenvalue weighted by Crippen LogP contribution is -1.92. The average Bonchev–Trinajstić information content (AvgIpc) is 1.94. The Morgan fingerprint density at radius 3 is 2.82 bits per heavy atom. The molecule has 6 heteroatoms. The lowest BCUT2D eigenvalue weighted by Gasteiger charge is -1.94. The molecule has 1 aromatic heterocycles. The Hall–Kier alpha value is -0.680. The zero-order valence-corrected chi connectivity index (χ0v) is 7.46. The third-order valence-corrected chi connectivity index (χ3v) is 2.32. The number of hydrogen-bond donors (Lipinski definition) is 0. The second-order valence-corrected chi connectivity index (χ2v) is 2.89. The van der Waals surface area contributed by atoms with Gasteiger partial charge in [-0.2, -0.15) is 0 Å². The first kappa shape index (κ1) is 8.42. The number of aromatic nitrogens is 1. The summed E-state index contributed by atoms with van der Waals surface area (Å²) in [6, 6.07) is 1.47. The number of nitro groups is 1. The van der Waals surface area contributed by atoms with Gasteiger partial charge in [-0.05, 0) is 25.8 Å². The molecule has 0 saturated heterocycles. The van der Waals surface area contributed by atoms with E-state index in [4.69, 9.17) is 11.6 Å². The smallest absolute Gasteiger partial charge is 0.358 e. The number of nitrogens with zero attached hydrogens (tertiary/aromatic N) is 2. The predicted molar refractivity (Wildman–Crippen MR) is 43.6 cm³/mol. The molecule has 0 atom stereocenters. The lowest BCUT2D eigenvalue weighted by atomic mass is 10.5. The van der Waals surface area contributed by atoms with Crippen LogP contribution in [0.4, 0.5) is 5.82 Å². The zero-order valence-electron chi connectivity index (χ0n) is 5.12. The molecular weight excluding hydrogens is 235 g/mol. The summed E-state index contributed by atoms with van der Waals surface area (Å²) in [6.07, 6.45) is 1.28. The van der Waals surface area contributed by atoms with E-state index >= 15 is 0 Å². The molecule has 1 heterocycles. The molecule has 0 fully saturated rings. The Morgan fingerprint density at radius 2 is 2.36 bits per heavy atom. The summed E-state index contributed by atoms with van der Waals surface area (Å²) in [5, 5.41) is 10.5. The van der Waals surface area contributed by atoms with Gasteiger partial charge in [0.15, 0.2) is 0 Å². The maximum atomic E-state index is 10.2. The van der Waals surface area contributed by atoms with Crippen LogP contribution in [0, 0.1) is 10.1 Å². The van der Waals surface area contributed by atoms with Crippen molar-refractivity contribution in [1.82, 2.24) is 4.98 Å². The first-order valence-corrected chi connectivity index (χ1v) is 3.74. The Kier molecular flexibility index (Phi) is 2.41. The molecule has 0 aliphatic carbocycles. The Morgan fingerprint density at radius 1 is 1.73 bits per heavy atom. The van der Waals surface area contributed by atoms with Crippen molar-refractivity contribution in [1.29, 1.82) is 0 Å². The lowest BCUT2D eigenvalue weighted by molar-refractivity contribution is -0.390. The fraction of sp³-hybridized carbons (Fsp3) is 0. The Balaban J connectivity index is 3.27. The molecule has 0 aliphatic rings. The van der Waals surface area contributed by atoms with Gasteiger partial charge in [0.05, 0.1) is 5.02 Å². The zero-order chi connectivity index (χ0) is 8.43. The average molecular weight is 237 g/mol. The van der Waals surface area contributed by atoms with E-state index in [0.29, 0.717) is 0 Å². The highest BCUT2D eigenvalue weighted by Gasteiger charge is 2.14. The maximum Gasteiger partial charge on any atom is 0.379 e. The van der Waals surface area contributed by atoms with Crippen LogP contribution in [0.1, 0.15) is 0 Å². The van der Waals surface area contributed by atoms with Crippen molar-refractivity contribution in [2.24, 2.45) is 0 Å². The van der Waals surface area contributed by atoms with Crippen molar-refractivity contribution in [2.75, 3.05) is 0 Å². The first-order valence-electron chi connectivity index (χ1n) is 2.57. The molecule has 0 spiro atoms. The Labute approximate surface area is 75.5 Å². The minimum atomic E-state index is -0.601. The molecule has 0 saturated carbocycles. The van der Waals surface area contributed by atoms with Gasteiger partial charge in [0, 0.05) is 6.07 Å². The number of rotatable bonds is 1. The van der Waals surface area contributed by atoms with Crippen molar-refractivity contribution >= 4 is 33.3 Å². The summed E-state index contributed by atoms with van der Waals surface area (Å²) in [4.78, 5) is 13.1. The van der Waals surface area contributed by atoms with Gasteiger partial charge in [0.2, 0.25) is 0 Å². The minimum Gasteiger partial charge on any atom is -0.358 e. The van der Waals surface area contributed by atoms with Gasteiger partial charge < -0.3 is 10.1 Å². The summed E-state index contributed by atoms with van der Waals surface area (Å²) in [5.41, 5.74) is 0. The SMILES string of the molecule is O=[N+]([O-])c1nccc(Cl)c1Br. The summed E-state index contributed by atoms with van der Waals surface area (Å²) >= 11 is 8.51. The minimum absolute atomic E-state index is 0.215. The van der Waals surface area contributed by atoms with Gasteiger partial charge >= 0.3 is 5.82 Å². The van der Waals surface area contributed by atoms with Crippen LogP contribution in [-0.4, -0.2) is 9.91 Å². The van der Waals surface area contributed by atoms with Gasteiger partial charge in [0.1, 0.15) is 10.7 Å². The third-order valence-electron chi connectivity index (χ3n) is 0.997. The van der Waals surface area contributed by atoms with Crippen LogP contribution in [0.15, 0.2) is 16.7 Å². The number of pyridine rings is 1. The highest BCUT2D eigenvalue weighted by atomic mass is 79.9. The summed E-state index contributed by atoms with van der Waals surface area (Å²) in [5.74, 6) is -0.266. The molecule has 1 aromatic rings. The highest BCUT2D eigenvalue weighted by molar-refractivity contribution is 9.10. The van der Waals surface area contributed by atoms with Crippen molar-refractivity contribution < 1.29 is 4.92 Å². The molecule has 0 unspecified atom stereocenters. The molecule has 0 radical (unpaired) electrons. The molecule has 0 aliphatic heterocycles. The molecule has 0 aromatic carbocycles. The molecule has 0 bridgehead atoms. The van der Waals surface area contributed by atoms with Crippen LogP contribution in [-0.2, 0) is 0 Å². The molecule has 4 nitrogen and oxygen atoms in total. The van der Waals surface area contributed by atoms with E-state index in [9.17, 15) is 10.1 Å². The first-order chi connectivity index (χ1) is 5.13. The Bertz CT molecular complexity index is 305. The van der Waals surface area contributed by atoms with E-state index in [-0.39, 0.29) is 15.3 Å². The van der Waals surface area contributed by atoms with E-state index in [0.717, 1.165) is 0 Å². The van der Waals surface area contributed by atoms with Crippen molar-refractivity contribution in [2.45, 2.75) is 0 Å². The van der Waals surface area contributed by atoms with Crippen LogP contribution < -0.4 is 0 Å². The summed E-state index contributed by atoms with van der Waals surface area (Å²) in [7, 11) is 0. The third kappa shape index (κ3) is 1.66. The molecule has 0 N–H and O–H groups in total. The second kappa shape index (κ2) is 3.15. The van der Waals surface area contributed by atoms with E-state index in [2.05, 4.69) is 20.9 Å². The van der Waals surface area contributed by atoms with Crippen LogP contribution in [0.3, 0.4) is 0 Å². The van der Waals surface area contributed by atoms with E-state index in [1.807, 2.05) is 0 Å². The van der Waals surface area contributed by atoms with Crippen LogP contribution in [0.25, 0.3) is 0 Å². The molecule has 11 heavy (non-hydrogen) atoms. The number of hydrogen-bond acceptors (Lipinski definition) is 3. The normalized spacial score (nSPS) is 9.64. The van der Waals surface area contributed by atoms with Gasteiger partial charge in [-0.25, -0.2) is 0 Å². The maximum absolute atomic E-state index is 10.2. The number of halogens is 2. The van der Waals surface area contributed by atoms with Crippen molar-refractivity contribution in [3.63, 3.8) is 0 Å². The molecule has 58 valence electrons. The van der Waals surface area contributed by atoms with Gasteiger partial charge in [-0.15, -0.1) is 0 Å². The molecule has 1 rings (SSSR count). The van der Waals surface area contributed by atoms with E-state index < -0.39 is 4.92 Å². The van der Waals surface area contributed by atoms with Gasteiger partial charge in [0.25, 0.3) is 0 Å².